The average Bonchev–Trinajstić information content (AvgIpc) is 3.29. The number of ether oxygens (including phenoxy) is 1. The fourth-order valence-corrected chi connectivity index (χ4v) is 3.21. The molecule has 8 nitrogen and oxygen atoms in total. The third kappa shape index (κ3) is 6.25. The Morgan fingerprint density at radius 1 is 1.06 bits per heavy atom. The van der Waals surface area contributed by atoms with E-state index in [4.69, 9.17) is 0 Å². The average molecular weight is 488 g/mol. The molecule has 0 saturated carbocycles. The predicted octanol–water partition coefficient (Wildman–Crippen LogP) is 3.50. The topological polar surface area (TPSA) is 102 Å². The van der Waals surface area contributed by atoms with Crippen LogP contribution in [-0.4, -0.2) is 40.2 Å². The minimum Gasteiger partial charge on any atom is -0.462 e. The van der Waals surface area contributed by atoms with Gasteiger partial charge in [0.05, 0.1) is 18.5 Å². The van der Waals surface area contributed by atoms with Crippen molar-refractivity contribution in [1.29, 1.82) is 0 Å². The number of carbonyl (C=O) groups excluding carboxylic acids is 3. The van der Waals surface area contributed by atoms with E-state index >= 15 is 0 Å². The number of amides is 2. The number of rotatable bonds is 8. The monoisotopic (exact) mass is 488 g/mol. The molecule has 0 aliphatic carbocycles. The van der Waals surface area contributed by atoms with Crippen LogP contribution in [0.25, 0.3) is 5.69 Å². The first-order chi connectivity index (χ1) is 16.6. The van der Waals surface area contributed by atoms with Crippen molar-refractivity contribution in [3.8, 4) is 5.69 Å². The van der Waals surface area contributed by atoms with Crippen LogP contribution >= 0.6 is 0 Å². The van der Waals surface area contributed by atoms with Crippen LogP contribution in [0.4, 0.5) is 13.2 Å². The lowest BCUT2D eigenvalue weighted by Gasteiger charge is -2.15. The van der Waals surface area contributed by atoms with Crippen LogP contribution in [0.1, 0.15) is 45.8 Å². The first kappa shape index (κ1) is 25.5. The summed E-state index contributed by atoms with van der Waals surface area (Å²) in [6, 6.07) is 13.5. The van der Waals surface area contributed by atoms with Gasteiger partial charge in [-0.15, -0.1) is 0 Å². The molecule has 2 aromatic carbocycles. The van der Waals surface area contributed by atoms with Crippen LogP contribution in [0.5, 0.6) is 0 Å². The first-order valence-electron chi connectivity index (χ1n) is 10.7. The number of hydrogen-bond donors (Lipinski definition) is 2. The first-order valence-corrected chi connectivity index (χ1v) is 10.7. The maximum Gasteiger partial charge on any atom is 0.434 e. The molecule has 1 aromatic heterocycles. The van der Waals surface area contributed by atoms with E-state index in [2.05, 4.69) is 20.5 Å². The summed E-state index contributed by atoms with van der Waals surface area (Å²) in [6.07, 6.45) is -4.09. The Kier molecular flexibility index (Phi) is 7.90. The Morgan fingerprint density at radius 2 is 1.71 bits per heavy atom. The number of hydrogen-bond acceptors (Lipinski definition) is 5. The summed E-state index contributed by atoms with van der Waals surface area (Å²) in [4.78, 5) is 36.7. The number of esters is 1. The highest BCUT2D eigenvalue weighted by atomic mass is 19.4. The summed E-state index contributed by atoms with van der Waals surface area (Å²) < 4.78 is 46.2. The molecule has 2 amide bonds. The minimum atomic E-state index is -4.88. The summed E-state index contributed by atoms with van der Waals surface area (Å²) in [5.74, 6) is -2.11. The molecule has 184 valence electrons. The summed E-state index contributed by atoms with van der Waals surface area (Å²) in [6.45, 7) is 3.21. The summed E-state index contributed by atoms with van der Waals surface area (Å²) in [5.41, 5.74) is -0.979. The van der Waals surface area contributed by atoms with Gasteiger partial charge in [-0.05, 0) is 43.7 Å². The second-order valence-electron chi connectivity index (χ2n) is 7.48. The van der Waals surface area contributed by atoms with Crippen molar-refractivity contribution in [3.63, 3.8) is 0 Å². The van der Waals surface area contributed by atoms with Crippen molar-refractivity contribution < 1.29 is 32.3 Å². The molecule has 3 aromatic rings. The van der Waals surface area contributed by atoms with Crippen LogP contribution in [0, 0.1) is 0 Å². The quantitative estimate of drug-likeness (QED) is 0.473. The Labute approximate surface area is 199 Å². The van der Waals surface area contributed by atoms with Crippen molar-refractivity contribution in [3.05, 3.63) is 83.2 Å². The van der Waals surface area contributed by atoms with Crippen molar-refractivity contribution in [2.24, 2.45) is 0 Å². The third-order valence-corrected chi connectivity index (χ3v) is 4.96. The van der Waals surface area contributed by atoms with Crippen LogP contribution < -0.4 is 10.6 Å². The molecule has 0 spiro atoms. The van der Waals surface area contributed by atoms with Crippen LogP contribution in [0.2, 0.25) is 0 Å². The van der Waals surface area contributed by atoms with E-state index in [1.54, 1.807) is 0 Å². The van der Waals surface area contributed by atoms with Gasteiger partial charge < -0.3 is 15.4 Å². The molecule has 35 heavy (non-hydrogen) atoms. The summed E-state index contributed by atoms with van der Waals surface area (Å²) in [5, 5.41) is 8.95. The van der Waals surface area contributed by atoms with Crippen LogP contribution in [0.15, 0.2) is 60.8 Å². The van der Waals surface area contributed by atoms with E-state index in [1.807, 2.05) is 30.3 Å². The summed E-state index contributed by atoms with van der Waals surface area (Å²) in [7, 11) is 0. The number of carbonyl (C=O) groups is 3. The maximum absolute atomic E-state index is 13.7. The molecule has 2 N–H and O–H groups in total. The standard InChI is InChI=1S/C24H23F3N4O4/c1-3-35-23(34)19-14-29-31(20(19)24(25,26)27)18-11-9-17(10-12-18)22(33)30-15(2)21(32)28-13-16-7-5-4-6-8-16/h4-12,14-15H,3,13H2,1-2H3,(H,28,32)(H,30,33). The van der Waals surface area contributed by atoms with E-state index in [0.717, 1.165) is 11.8 Å². The maximum atomic E-state index is 13.7. The number of alkyl halides is 3. The highest BCUT2D eigenvalue weighted by Gasteiger charge is 2.41. The summed E-state index contributed by atoms with van der Waals surface area (Å²) >= 11 is 0. The van der Waals surface area contributed by atoms with Crippen molar-refractivity contribution in [2.75, 3.05) is 6.61 Å². The number of nitrogens with one attached hydrogen (secondary N) is 2. The van der Waals surface area contributed by atoms with Gasteiger partial charge in [-0.1, -0.05) is 30.3 Å². The van der Waals surface area contributed by atoms with Crippen molar-refractivity contribution in [1.82, 2.24) is 20.4 Å². The molecule has 0 radical (unpaired) electrons. The zero-order valence-corrected chi connectivity index (χ0v) is 18.9. The highest BCUT2D eigenvalue weighted by Crippen LogP contribution is 2.34. The van der Waals surface area contributed by atoms with E-state index in [1.165, 1.54) is 38.1 Å². The zero-order valence-electron chi connectivity index (χ0n) is 18.9. The van der Waals surface area contributed by atoms with Crippen LogP contribution in [-0.2, 0) is 22.3 Å². The molecule has 0 aliphatic heterocycles. The van der Waals surface area contributed by atoms with Gasteiger partial charge in [0.25, 0.3) is 5.91 Å². The lowest BCUT2D eigenvalue weighted by molar-refractivity contribution is -0.143. The van der Waals surface area contributed by atoms with Crippen molar-refractivity contribution in [2.45, 2.75) is 32.6 Å². The van der Waals surface area contributed by atoms with Gasteiger partial charge in [0.15, 0.2) is 5.69 Å². The van der Waals surface area contributed by atoms with Gasteiger partial charge in [0.2, 0.25) is 5.91 Å². The lowest BCUT2D eigenvalue weighted by atomic mass is 10.1. The molecular formula is C24H23F3N4O4. The Hall–Kier alpha value is -4.15. The highest BCUT2D eigenvalue weighted by molar-refractivity contribution is 5.97. The molecule has 1 atom stereocenters. The Morgan fingerprint density at radius 3 is 2.31 bits per heavy atom. The smallest absolute Gasteiger partial charge is 0.434 e. The molecule has 0 bridgehead atoms. The third-order valence-electron chi connectivity index (χ3n) is 4.96. The second kappa shape index (κ2) is 10.9. The predicted molar refractivity (Wildman–Crippen MR) is 120 cm³/mol. The molecule has 1 heterocycles. The SMILES string of the molecule is CCOC(=O)c1cnn(-c2ccc(C(=O)NC(C)C(=O)NCc3ccccc3)cc2)c1C(F)(F)F. The second-order valence-corrected chi connectivity index (χ2v) is 7.48. The largest absolute Gasteiger partial charge is 0.462 e. The Balaban J connectivity index is 1.70. The molecule has 3 rings (SSSR count). The molecule has 1 unspecified atom stereocenters. The lowest BCUT2D eigenvalue weighted by Crippen LogP contribution is -2.44. The number of nitrogens with zero attached hydrogens (tertiary/aromatic N) is 2. The van der Waals surface area contributed by atoms with Gasteiger partial charge in [0, 0.05) is 12.1 Å². The molecule has 0 saturated heterocycles. The molecule has 0 aliphatic rings. The zero-order chi connectivity index (χ0) is 25.6. The normalized spacial score (nSPS) is 12.0. The van der Waals surface area contributed by atoms with E-state index < -0.39 is 41.3 Å². The van der Waals surface area contributed by atoms with Gasteiger partial charge in [-0.25, -0.2) is 9.48 Å². The van der Waals surface area contributed by atoms with Crippen molar-refractivity contribution >= 4 is 17.8 Å². The molecule has 0 fully saturated rings. The Bertz CT molecular complexity index is 1190. The fraction of sp³-hybridized carbons (Fsp3) is 0.250. The van der Waals surface area contributed by atoms with E-state index in [9.17, 15) is 27.6 Å². The van der Waals surface area contributed by atoms with Gasteiger partial charge >= 0.3 is 12.1 Å². The van der Waals surface area contributed by atoms with Gasteiger partial charge in [-0.2, -0.15) is 18.3 Å². The van der Waals surface area contributed by atoms with Crippen LogP contribution in [0.3, 0.4) is 0 Å². The molecule has 11 heteroatoms. The number of aromatic nitrogens is 2. The number of halogens is 3. The van der Waals surface area contributed by atoms with E-state index in [0.29, 0.717) is 11.2 Å². The number of benzene rings is 2. The molecular weight excluding hydrogens is 465 g/mol. The van der Waals surface area contributed by atoms with Gasteiger partial charge in [0.1, 0.15) is 11.6 Å². The minimum absolute atomic E-state index is 0.0157. The van der Waals surface area contributed by atoms with E-state index in [-0.39, 0.29) is 17.9 Å². The fourth-order valence-electron chi connectivity index (χ4n) is 3.21. The van der Waals surface area contributed by atoms with Gasteiger partial charge in [-0.3, -0.25) is 9.59 Å².